The van der Waals surface area contributed by atoms with Crippen LogP contribution >= 0.6 is 0 Å². The molecule has 0 heterocycles. The van der Waals surface area contributed by atoms with Crippen molar-refractivity contribution in [1.82, 2.24) is 5.32 Å². The molecular formula is C16H26N2O. The molecule has 0 fully saturated rings. The number of aryl methyl sites for hydroxylation is 1. The van der Waals surface area contributed by atoms with Gasteiger partial charge in [-0.25, -0.2) is 0 Å². The maximum Gasteiger partial charge on any atom is 0.219 e. The third-order valence-electron chi connectivity index (χ3n) is 3.42. The molecule has 1 amide bonds. The Morgan fingerprint density at radius 2 is 1.84 bits per heavy atom. The molecule has 0 radical (unpaired) electrons. The smallest absolute Gasteiger partial charge is 0.219 e. The lowest BCUT2D eigenvalue weighted by Crippen LogP contribution is -2.43. The summed E-state index contributed by atoms with van der Waals surface area (Å²) in [6.45, 7) is 7.21. The van der Waals surface area contributed by atoms with Gasteiger partial charge in [-0.3, -0.25) is 4.79 Å². The van der Waals surface area contributed by atoms with Crippen molar-refractivity contribution in [3.63, 3.8) is 0 Å². The average molecular weight is 262 g/mol. The third kappa shape index (κ3) is 4.67. The number of nitrogens with one attached hydrogen (secondary N) is 1. The van der Waals surface area contributed by atoms with Crippen molar-refractivity contribution in [1.29, 1.82) is 0 Å². The van der Waals surface area contributed by atoms with Crippen molar-refractivity contribution in [3.05, 3.63) is 35.4 Å². The molecule has 0 saturated carbocycles. The number of rotatable bonds is 8. The molecule has 0 aromatic heterocycles. The fraction of sp³-hybridized carbons (Fsp3) is 0.562. The molecule has 1 aromatic rings. The van der Waals surface area contributed by atoms with E-state index in [2.05, 4.69) is 43.4 Å². The highest BCUT2D eigenvalue weighted by Gasteiger charge is 2.27. The normalized spacial score (nSPS) is 14.1. The number of carbonyl (C=O) groups excluding carboxylic acids is 1. The summed E-state index contributed by atoms with van der Waals surface area (Å²) in [5.41, 5.74) is 7.48. The zero-order chi connectivity index (χ0) is 14.3. The van der Waals surface area contributed by atoms with Gasteiger partial charge < -0.3 is 11.1 Å². The molecule has 0 aliphatic carbocycles. The second kappa shape index (κ2) is 7.29. The van der Waals surface area contributed by atoms with Crippen molar-refractivity contribution in [2.24, 2.45) is 5.73 Å². The summed E-state index contributed by atoms with van der Waals surface area (Å²) in [7, 11) is 0. The van der Waals surface area contributed by atoms with Crippen LogP contribution in [0.4, 0.5) is 0 Å². The minimum atomic E-state index is -0.368. The second-order valence-corrected chi connectivity index (χ2v) is 5.35. The van der Waals surface area contributed by atoms with Gasteiger partial charge in [0.15, 0.2) is 0 Å². The van der Waals surface area contributed by atoms with E-state index in [9.17, 15) is 4.79 Å². The first kappa shape index (κ1) is 15.7. The number of amides is 1. The summed E-state index contributed by atoms with van der Waals surface area (Å²) in [6, 6.07) is 8.50. The zero-order valence-corrected chi connectivity index (χ0v) is 12.3. The monoisotopic (exact) mass is 262 g/mol. The standard InChI is InChI=1S/C16H26N2O/c1-4-6-13-7-9-14(10-8-13)16(3,12-15(17)19)18-11-5-2/h7-10,18H,4-6,11-12H2,1-3H3,(H2,17,19). The van der Waals surface area contributed by atoms with Crippen LogP contribution in [0.2, 0.25) is 0 Å². The van der Waals surface area contributed by atoms with E-state index in [-0.39, 0.29) is 11.4 Å². The van der Waals surface area contributed by atoms with Crippen LogP contribution in [0.5, 0.6) is 0 Å². The first-order valence-corrected chi connectivity index (χ1v) is 7.14. The molecule has 3 N–H and O–H groups in total. The van der Waals surface area contributed by atoms with Gasteiger partial charge in [0.1, 0.15) is 0 Å². The molecule has 0 saturated heterocycles. The molecule has 3 heteroatoms. The summed E-state index contributed by atoms with van der Waals surface area (Å²) >= 11 is 0. The van der Waals surface area contributed by atoms with Crippen molar-refractivity contribution in [2.75, 3.05) is 6.54 Å². The number of nitrogens with two attached hydrogens (primary N) is 1. The van der Waals surface area contributed by atoms with E-state index in [1.54, 1.807) is 0 Å². The molecule has 0 bridgehead atoms. The maximum absolute atomic E-state index is 11.3. The van der Waals surface area contributed by atoms with E-state index in [0.29, 0.717) is 6.42 Å². The zero-order valence-electron chi connectivity index (χ0n) is 12.3. The predicted octanol–water partition coefficient (Wildman–Crippen LogP) is 2.73. The largest absolute Gasteiger partial charge is 0.370 e. The first-order valence-electron chi connectivity index (χ1n) is 7.14. The summed E-state index contributed by atoms with van der Waals surface area (Å²) in [5, 5.41) is 3.44. The minimum Gasteiger partial charge on any atom is -0.370 e. The number of primary amides is 1. The summed E-state index contributed by atoms with van der Waals surface area (Å²) in [6.07, 6.45) is 3.59. The van der Waals surface area contributed by atoms with Crippen LogP contribution < -0.4 is 11.1 Å². The van der Waals surface area contributed by atoms with Crippen LogP contribution in [0.25, 0.3) is 0 Å². The highest BCUT2D eigenvalue weighted by Crippen LogP contribution is 2.25. The van der Waals surface area contributed by atoms with Crippen LogP contribution in [0, 0.1) is 0 Å². The Hall–Kier alpha value is -1.35. The van der Waals surface area contributed by atoms with E-state index >= 15 is 0 Å². The van der Waals surface area contributed by atoms with Gasteiger partial charge in [0.25, 0.3) is 0 Å². The summed E-state index contributed by atoms with van der Waals surface area (Å²) < 4.78 is 0. The van der Waals surface area contributed by atoms with Crippen LogP contribution in [0.3, 0.4) is 0 Å². The van der Waals surface area contributed by atoms with Crippen molar-refractivity contribution < 1.29 is 4.79 Å². The first-order chi connectivity index (χ1) is 9.01. The van der Waals surface area contributed by atoms with E-state index in [4.69, 9.17) is 5.73 Å². The van der Waals surface area contributed by atoms with E-state index in [1.807, 2.05) is 6.92 Å². The Balaban J connectivity index is 2.92. The van der Waals surface area contributed by atoms with Gasteiger partial charge in [-0.15, -0.1) is 0 Å². The number of carbonyl (C=O) groups is 1. The molecule has 19 heavy (non-hydrogen) atoms. The van der Waals surface area contributed by atoms with Crippen LogP contribution in [-0.4, -0.2) is 12.5 Å². The van der Waals surface area contributed by atoms with Gasteiger partial charge >= 0.3 is 0 Å². The van der Waals surface area contributed by atoms with Gasteiger partial charge in [-0.1, -0.05) is 44.5 Å². The number of hydrogen-bond donors (Lipinski definition) is 2. The van der Waals surface area contributed by atoms with Gasteiger partial charge in [-0.2, -0.15) is 0 Å². The van der Waals surface area contributed by atoms with Crippen molar-refractivity contribution in [3.8, 4) is 0 Å². The molecule has 1 unspecified atom stereocenters. The van der Waals surface area contributed by atoms with Gasteiger partial charge in [0.2, 0.25) is 5.91 Å². The van der Waals surface area contributed by atoms with Gasteiger partial charge in [-0.05, 0) is 37.4 Å². The molecule has 1 atom stereocenters. The van der Waals surface area contributed by atoms with E-state index in [1.165, 1.54) is 5.56 Å². The molecule has 3 nitrogen and oxygen atoms in total. The average Bonchev–Trinajstić information content (AvgIpc) is 2.37. The molecule has 106 valence electrons. The SMILES string of the molecule is CCCNC(C)(CC(N)=O)c1ccc(CCC)cc1. The molecular weight excluding hydrogens is 236 g/mol. The van der Waals surface area contributed by atoms with E-state index in [0.717, 1.165) is 31.4 Å². The lowest BCUT2D eigenvalue weighted by Gasteiger charge is -2.30. The summed E-state index contributed by atoms with van der Waals surface area (Å²) in [4.78, 5) is 11.3. The van der Waals surface area contributed by atoms with Crippen LogP contribution in [-0.2, 0) is 16.8 Å². The van der Waals surface area contributed by atoms with E-state index < -0.39 is 0 Å². The topological polar surface area (TPSA) is 55.1 Å². The lowest BCUT2D eigenvalue weighted by atomic mass is 9.87. The fourth-order valence-corrected chi connectivity index (χ4v) is 2.34. The number of benzene rings is 1. The number of hydrogen-bond acceptors (Lipinski definition) is 2. The van der Waals surface area contributed by atoms with Crippen molar-refractivity contribution in [2.45, 2.75) is 52.0 Å². The molecule has 0 spiro atoms. The third-order valence-corrected chi connectivity index (χ3v) is 3.42. The van der Waals surface area contributed by atoms with Gasteiger partial charge in [0.05, 0.1) is 0 Å². The molecule has 1 rings (SSSR count). The van der Waals surface area contributed by atoms with Crippen LogP contribution in [0.1, 0.15) is 51.2 Å². The minimum absolute atomic E-state index is 0.274. The highest BCUT2D eigenvalue weighted by atomic mass is 16.1. The Morgan fingerprint density at radius 3 is 2.32 bits per heavy atom. The Bertz CT molecular complexity index is 400. The Labute approximate surface area is 116 Å². The fourth-order valence-electron chi connectivity index (χ4n) is 2.34. The summed E-state index contributed by atoms with van der Waals surface area (Å²) in [5.74, 6) is -0.274. The Morgan fingerprint density at radius 1 is 1.21 bits per heavy atom. The second-order valence-electron chi connectivity index (χ2n) is 5.35. The predicted molar refractivity (Wildman–Crippen MR) is 79.9 cm³/mol. The quantitative estimate of drug-likeness (QED) is 0.757. The van der Waals surface area contributed by atoms with Crippen molar-refractivity contribution >= 4 is 5.91 Å². The molecule has 1 aromatic carbocycles. The lowest BCUT2D eigenvalue weighted by molar-refractivity contribution is -0.119. The highest BCUT2D eigenvalue weighted by molar-refractivity contribution is 5.75. The van der Waals surface area contributed by atoms with Gasteiger partial charge in [0, 0.05) is 12.0 Å². The van der Waals surface area contributed by atoms with Crippen LogP contribution in [0.15, 0.2) is 24.3 Å². The molecule has 0 aliphatic heterocycles. The maximum atomic E-state index is 11.3. The molecule has 0 aliphatic rings. The Kier molecular flexibility index (Phi) is 6.03.